The molecule has 2 aromatic rings. The van der Waals surface area contributed by atoms with Crippen LogP contribution >= 0.6 is 0 Å². The highest BCUT2D eigenvalue weighted by atomic mass is 16.3. The maximum atomic E-state index is 12.6. The summed E-state index contributed by atoms with van der Waals surface area (Å²) in [7, 11) is 0. The van der Waals surface area contributed by atoms with Crippen LogP contribution in [0.4, 0.5) is 0 Å². The first-order valence-corrected chi connectivity index (χ1v) is 7.68. The van der Waals surface area contributed by atoms with Crippen LogP contribution in [0, 0.1) is 0 Å². The number of benzene rings is 1. The Hall–Kier alpha value is -2.21. The molecule has 1 aromatic heterocycles. The molecule has 1 fully saturated rings. The zero-order valence-corrected chi connectivity index (χ0v) is 12.4. The van der Waals surface area contributed by atoms with E-state index in [0.29, 0.717) is 11.6 Å². The van der Waals surface area contributed by atoms with Gasteiger partial charge in [-0.15, -0.1) is 5.10 Å². The van der Waals surface area contributed by atoms with Crippen LogP contribution in [0.15, 0.2) is 36.7 Å². The average molecular weight is 300 g/mol. The highest BCUT2D eigenvalue weighted by molar-refractivity contribution is 5.94. The molecule has 3 rings (SSSR count). The molecule has 116 valence electrons. The van der Waals surface area contributed by atoms with E-state index in [-0.39, 0.29) is 12.5 Å². The second-order valence-electron chi connectivity index (χ2n) is 5.55. The number of carbonyl (C=O) groups excluding carboxylic acids is 1. The van der Waals surface area contributed by atoms with Crippen molar-refractivity contribution in [1.82, 2.24) is 19.9 Å². The van der Waals surface area contributed by atoms with Crippen LogP contribution in [-0.4, -0.2) is 50.1 Å². The van der Waals surface area contributed by atoms with Crippen molar-refractivity contribution in [3.8, 4) is 5.69 Å². The molecule has 1 aliphatic carbocycles. The standard InChI is InChI=1S/C16H20N4O2/c21-12-2-1-10-19(14-7-8-14)16(22)13-3-5-15(6-4-13)20-11-9-17-18-20/h3-6,9,11,14,21H,1-2,7-8,10,12H2. The highest BCUT2D eigenvalue weighted by Crippen LogP contribution is 2.28. The largest absolute Gasteiger partial charge is 0.396 e. The SMILES string of the molecule is O=C(c1ccc(-n2ccnn2)cc1)N(CCCCO)C1CC1. The Morgan fingerprint density at radius 2 is 2.05 bits per heavy atom. The number of hydrogen-bond acceptors (Lipinski definition) is 4. The van der Waals surface area contributed by atoms with Crippen LogP contribution in [0.25, 0.3) is 5.69 Å². The van der Waals surface area contributed by atoms with Gasteiger partial charge in [-0.2, -0.15) is 0 Å². The number of nitrogens with zero attached hydrogens (tertiary/aromatic N) is 4. The summed E-state index contributed by atoms with van der Waals surface area (Å²) in [6.45, 7) is 0.897. The van der Waals surface area contributed by atoms with E-state index in [1.807, 2.05) is 29.2 Å². The second-order valence-corrected chi connectivity index (χ2v) is 5.55. The van der Waals surface area contributed by atoms with Crippen molar-refractivity contribution < 1.29 is 9.90 Å². The normalized spacial score (nSPS) is 14.0. The van der Waals surface area contributed by atoms with E-state index >= 15 is 0 Å². The molecule has 1 aliphatic rings. The third kappa shape index (κ3) is 3.33. The van der Waals surface area contributed by atoms with Crippen molar-refractivity contribution in [3.05, 3.63) is 42.2 Å². The van der Waals surface area contributed by atoms with Gasteiger partial charge in [0.25, 0.3) is 5.91 Å². The topological polar surface area (TPSA) is 71.2 Å². The van der Waals surface area contributed by atoms with Gasteiger partial charge in [0.1, 0.15) is 0 Å². The molecule has 0 radical (unpaired) electrons. The summed E-state index contributed by atoms with van der Waals surface area (Å²) in [6.07, 6.45) is 7.14. The average Bonchev–Trinajstić information content (AvgIpc) is 3.24. The van der Waals surface area contributed by atoms with E-state index in [2.05, 4.69) is 10.3 Å². The van der Waals surface area contributed by atoms with Crippen molar-refractivity contribution in [2.45, 2.75) is 31.7 Å². The predicted molar refractivity (Wildman–Crippen MR) is 81.7 cm³/mol. The minimum atomic E-state index is 0.0746. The predicted octanol–water partition coefficient (Wildman–Crippen LogP) is 1.64. The molecule has 22 heavy (non-hydrogen) atoms. The Morgan fingerprint density at radius 1 is 1.27 bits per heavy atom. The van der Waals surface area contributed by atoms with Crippen LogP contribution in [-0.2, 0) is 0 Å². The Kier molecular flexibility index (Phi) is 4.48. The zero-order valence-electron chi connectivity index (χ0n) is 12.4. The Balaban J connectivity index is 1.70. The van der Waals surface area contributed by atoms with Crippen LogP contribution in [0.5, 0.6) is 0 Å². The number of aliphatic hydroxyl groups is 1. The lowest BCUT2D eigenvalue weighted by molar-refractivity contribution is 0.0737. The summed E-state index contributed by atoms with van der Waals surface area (Å²) >= 11 is 0. The molecule has 0 aliphatic heterocycles. The molecular weight excluding hydrogens is 280 g/mol. The van der Waals surface area contributed by atoms with E-state index in [9.17, 15) is 4.79 Å². The minimum Gasteiger partial charge on any atom is -0.396 e. The Morgan fingerprint density at radius 3 is 2.64 bits per heavy atom. The summed E-state index contributed by atoms with van der Waals surface area (Å²) in [5.41, 5.74) is 1.58. The molecule has 1 N–H and O–H groups in total. The van der Waals surface area contributed by atoms with Gasteiger partial charge < -0.3 is 10.0 Å². The van der Waals surface area contributed by atoms with Crippen LogP contribution in [0.1, 0.15) is 36.0 Å². The molecule has 6 nitrogen and oxygen atoms in total. The maximum absolute atomic E-state index is 12.6. The molecule has 1 saturated carbocycles. The molecule has 0 atom stereocenters. The first kappa shape index (κ1) is 14.7. The van der Waals surface area contributed by atoms with Crippen LogP contribution in [0.2, 0.25) is 0 Å². The molecule has 0 bridgehead atoms. The minimum absolute atomic E-state index is 0.0746. The lowest BCUT2D eigenvalue weighted by atomic mass is 10.1. The van der Waals surface area contributed by atoms with E-state index in [1.54, 1.807) is 17.1 Å². The quantitative estimate of drug-likeness (QED) is 0.789. The fourth-order valence-corrected chi connectivity index (χ4v) is 2.50. The fraction of sp³-hybridized carbons (Fsp3) is 0.438. The van der Waals surface area contributed by atoms with E-state index < -0.39 is 0 Å². The van der Waals surface area contributed by atoms with Gasteiger partial charge in [0.15, 0.2) is 0 Å². The van der Waals surface area contributed by atoms with Gasteiger partial charge in [-0.25, -0.2) is 4.68 Å². The number of amides is 1. The van der Waals surface area contributed by atoms with Crippen molar-refractivity contribution in [2.75, 3.05) is 13.2 Å². The molecule has 0 saturated heterocycles. The van der Waals surface area contributed by atoms with Gasteiger partial charge in [0.05, 0.1) is 18.1 Å². The first-order chi connectivity index (χ1) is 10.8. The van der Waals surface area contributed by atoms with Gasteiger partial charge in [0.2, 0.25) is 0 Å². The van der Waals surface area contributed by atoms with Crippen LogP contribution in [0.3, 0.4) is 0 Å². The van der Waals surface area contributed by atoms with E-state index in [0.717, 1.165) is 37.9 Å². The number of aliphatic hydroxyl groups excluding tert-OH is 1. The van der Waals surface area contributed by atoms with Crippen molar-refractivity contribution in [3.63, 3.8) is 0 Å². The molecule has 1 heterocycles. The molecule has 1 amide bonds. The number of rotatable bonds is 7. The monoisotopic (exact) mass is 300 g/mol. The number of hydrogen-bond donors (Lipinski definition) is 1. The number of aromatic nitrogens is 3. The second kappa shape index (κ2) is 6.70. The number of unbranched alkanes of at least 4 members (excludes halogenated alkanes) is 1. The van der Waals surface area contributed by atoms with Gasteiger partial charge in [0, 0.05) is 24.8 Å². The van der Waals surface area contributed by atoms with E-state index in [4.69, 9.17) is 5.11 Å². The molecule has 1 aromatic carbocycles. The third-order valence-electron chi connectivity index (χ3n) is 3.86. The molecule has 0 spiro atoms. The first-order valence-electron chi connectivity index (χ1n) is 7.68. The number of carbonyl (C=O) groups is 1. The Bertz CT molecular complexity index is 606. The maximum Gasteiger partial charge on any atom is 0.254 e. The van der Waals surface area contributed by atoms with Crippen molar-refractivity contribution in [2.24, 2.45) is 0 Å². The lowest BCUT2D eigenvalue weighted by Crippen LogP contribution is -2.34. The zero-order chi connectivity index (χ0) is 15.4. The summed E-state index contributed by atoms with van der Waals surface area (Å²) in [5.74, 6) is 0.0746. The van der Waals surface area contributed by atoms with Crippen LogP contribution < -0.4 is 0 Å². The Labute approximate surface area is 129 Å². The smallest absolute Gasteiger partial charge is 0.254 e. The van der Waals surface area contributed by atoms with Gasteiger partial charge in [-0.3, -0.25) is 4.79 Å². The summed E-state index contributed by atoms with van der Waals surface area (Å²) in [4.78, 5) is 14.6. The van der Waals surface area contributed by atoms with Gasteiger partial charge in [-0.05, 0) is 49.9 Å². The summed E-state index contributed by atoms with van der Waals surface area (Å²) in [6, 6.07) is 7.80. The van der Waals surface area contributed by atoms with E-state index in [1.165, 1.54) is 0 Å². The summed E-state index contributed by atoms with van der Waals surface area (Å²) in [5, 5.41) is 16.6. The molecule has 6 heteroatoms. The van der Waals surface area contributed by atoms with Crippen molar-refractivity contribution in [1.29, 1.82) is 0 Å². The fourth-order valence-electron chi connectivity index (χ4n) is 2.50. The summed E-state index contributed by atoms with van der Waals surface area (Å²) < 4.78 is 1.66. The van der Waals surface area contributed by atoms with Crippen molar-refractivity contribution >= 4 is 5.91 Å². The highest BCUT2D eigenvalue weighted by Gasteiger charge is 2.32. The van der Waals surface area contributed by atoms with Gasteiger partial charge in [-0.1, -0.05) is 5.21 Å². The third-order valence-corrected chi connectivity index (χ3v) is 3.86. The van der Waals surface area contributed by atoms with Gasteiger partial charge >= 0.3 is 0 Å². The molecular formula is C16H20N4O2. The molecule has 0 unspecified atom stereocenters. The lowest BCUT2D eigenvalue weighted by Gasteiger charge is -2.22.